The van der Waals surface area contributed by atoms with Crippen molar-refractivity contribution in [2.24, 2.45) is 0 Å². The van der Waals surface area contributed by atoms with Crippen molar-refractivity contribution in [3.8, 4) is 0 Å². The fourth-order valence-electron chi connectivity index (χ4n) is 5.75. The van der Waals surface area contributed by atoms with E-state index in [1.165, 1.54) is 54.5 Å². The van der Waals surface area contributed by atoms with Gasteiger partial charge in [0.2, 0.25) is 0 Å². The second kappa shape index (κ2) is 8.10. The van der Waals surface area contributed by atoms with Gasteiger partial charge in [0, 0.05) is 33.3 Å². The van der Waals surface area contributed by atoms with Crippen molar-refractivity contribution in [1.29, 1.82) is 0 Å². The third kappa shape index (κ3) is 2.89. The molecule has 2 heterocycles. The second-order valence-corrected chi connectivity index (χ2v) is 18.0. The van der Waals surface area contributed by atoms with Crippen LogP contribution in [0, 0.1) is 6.92 Å². The number of nitrogens with zero attached hydrogens (tertiary/aromatic N) is 1. The van der Waals surface area contributed by atoms with Crippen molar-refractivity contribution in [2.45, 2.75) is 6.92 Å². The zero-order valence-corrected chi connectivity index (χ0v) is 23.1. The molecule has 174 valence electrons. The molecular formula is C31H23NP2S2. The molecule has 2 aliphatic heterocycles. The fraction of sp³-hybridized carbons (Fsp3) is 0.0323. The van der Waals surface area contributed by atoms with Crippen molar-refractivity contribution in [3.63, 3.8) is 0 Å². The Balaban J connectivity index is 1.69. The van der Waals surface area contributed by atoms with Crippen LogP contribution in [-0.2, 0) is 23.6 Å². The van der Waals surface area contributed by atoms with Gasteiger partial charge in [-0.2, -0.15) is 0 Å². The molecule has 2 atom stereocenters. The summed E-state index contributed by atoms with van der Waals surface area (Å²) < 4.78 is 0. The highest BCUT2D eigenvalue weighted by Gasteiger charge is 2.45. The Labute approximate surface area is 222 Å². The van der Waals surface area contributed by atoms with Crippen molar-refractivity contribution in [1.82, 2.24) is 0 Å². The fourth-order valence-corrected chi connectivity index (χ4v) is 14.5. The van der Waals surface area contributed by atoms with Crippen molar-refractivity contribution in [3.05, 3.63) is 127 Å². The van der Waals surface area contributed by atoms with Gasteiger partial charge in [-0.3, -0.25) is 0 Å². The molecule has 0 aromatic heterocycles. The molecule has 0 spiro atoms. The van der Waals surface area contributed by atoms with E-state index in [9.17, 15) is 0 Å². The Morgan fingerprint density at radius 2 is 0.889 bits per heavy atom. The molecule has 0 saturated heterocycles. The predicted octanol–water partition coefficient (Wildman–Crippen LogP) is 5.60. The minimum absolute atomic E-state index is 1.18. The van der Waals surface area contributed by atoms with E-state index in [0.717, 1.165) is 0 Å². The first kappa shape index (κ1) is 22.4. The smallest absolute Gasteiger partial charge is 0.0643 e. The lowest BCUT2D eigenvalue weighted by molar-refractivity contribution is 1.31. The molecule has 1 nitrogen and oxygen atoms in total. The molecule has 0 radical (unpaired) electrons. The number of rotatable bonds is 2. The van der Waals surface area contributed by atoms with E-state index < -0.39 is 12.1 Å². The molecule has 0 amide bonds. The van der Waals surface area contributed by atoms with Crippen molar-refractivity contribution in [2.75, 3.05) is 4.90 Å². The lowest BCUT2D eigenvalue weighted by Crippen LogP contribution is -2.45. The van der Waals surface area contributed by atoms with Gasteiger partial charge in [-0.25, -0.2) is 0 Å². The van der Waals surface area contributed by atoms with Crippen LogP contribution in [0.5, 0.6) is 0 Å². The van der Waals surface area contributed by atoms with Gasteiger partial charge < -0.3 is 4.90 Å². The summed E-state index contributed by atoms with van der Waals surface area (Å²) in [4.78, 5) is 2.45. The molecule has 0 aliphatic carbocycles. The average molecular weight is 536 g/mol. The molecule has 0 N–H and O–H groups in total. The SMILES string of the molecule is Cc1cc2c3c(c1)P(=S)(c1ccccc1)c1ccccc1N3c1ccccc1P2(=S)c1ccccc1. The summed E-state index contributed by atoms with van der Waals surface area (Å²) in [7, 11) is 0. The number of hydrogen-bond donors (Lipinski definition) is 0. The maximum absolute atomic E-state index is 6.83. The van der Waals surface area contributed by atoms with E-state index >= 15 is 0 Å². The van der Waals surface area contributed by atoms with Gasteiger partial charge in [0.05, 0.1) is 17.1 Å². The van der Waals surface area contributed by atoms with Crippen LogP contribution >= 0.6 is 12.1 Å². The molecule has 0 saturated carbocycles. The molecular weight excluding hydrogens is 512 g/mol. The molecule has 0 fully saturated rings. The van der Waals surface area contributed by atoms with E-state index in [-0.39, 0.29) is 0 Å². The minimum atomic E-state index is -2.31. The van der Waals surface area contributed by atoms with E-state index in [1.54, 1.807) is 0 Å². The molecule has 5 aromatic rings. The van der Waals surface area contributed by atoms with Gasteiger partial charge >= 0.3 is 0 Å². The monoisotopic (exact) mass is 535 g/mol. The third-order valence-electron chi connectivity index (χ3n) is 7.28. The van der Waals surface area contributed by atoms with Crippen LogP contribution in [0.15, 0.2) is 121 Å². The average Bonchev–Trinajstić information content (AvgIpc) is 2.94. The van der Waals surface area contributed by atoms with E-state index in [0.29, 0.717) is 0 Å². The van der Waals surface area contributed by atoms with Gasteiger partial charge in [-0.05, 0) is 47.4 Å². The number of aryl methyl sites for hydroxylation is 1. The van der Waals surface area contributed by atoms with Crippen molar-refractivity contribution >= 4 is 84.6 Å². The van der Waals surface area contributed by atoms with Crippen LogP contribution in [-0.4, -0.2) is 0 Å². The van der Waals surface area contributed by atoms with Gasteiger partial charge in [-0.1, -0.05) is 121 Å². The van der Waals surface area contributed by atoms with Gasteiger partial charge in [0.25, 0.3) is 0 Å². The predicted molar refractivity (Wildman–Crippen MR) is 165 cm³/mol. The zero-order chi connectivity index (χ0) is 24.5. The summed E-state index contributed by atoms with van der Waals surface area (Å²) in [5.74, 6) is 0. The number of hydrogen-bond acceptors (Lipinski definition) is 3. The van der Waals surface area contributed by atoms with Crippen LogP contribution < -0.4 is 36.7 Å². The summed E-state index contributed by atoms with van der Waals surface area (Å²) in [6, 6.07) is 39.0. The van der Waals surface area contributed by atoms with Crippen LogP contribution in [0.4, 0.5) is 17.1 Å². The number of para-hydroxylation sites is 2. The Bertz CT molecular complexity index is 1640. The molecule has 0 bridgehead atoms. The summed E-state index contributed by atoms with van der Waals surface area (Å²) >= 11 is 13.7. The zero-order valence-electron chi connectivity index (χ0n) is 19.7. The van der Waals surface area contributed by atoms with Gasteiger partial charge in [0.15, 0.2) is 0 Å². The summed E-state index contributed by atoms with van der Waals surface area (Å²) in [6.07, 6.45) is 0. The van der Waals surface area contributed by atoms with Gasteiger partial charge in [0.1, 0.15) is 0 Å². The molecule has 2 unspecified atom stereocenters. The first-order valence-corrected chi connectivity index (χ1v) is 17.6. The Kier molecular flexibility index (Phi) is 5.04. The maximum atomic E-state index is 6.83. The number of benzene rings is 5. The summed E-state index contributed by atoms with van der Waals surface area (Å²) in [5.41, 5.74) is 4.81. The Hall–Kier alpha value is -2.80. The third-order valence-corrected chi connectivity index (χ3v) is 17.1. The van der Waals surface area contributed by atoms with E-state index in [1.807, 2.05) is 0 Å². The molecule has 5 heteroatoms. The lowest BCUT2D eigenvalue weighted by atomic mass is 10.1. The topological polar surface area (TPSA) is 3.24 Å². The molecule has 36 heavy (non-hydrogen) atoms. The summed E-state index contributed by atoms with van der Waals surface area (Å²) in [5, 5.41) is 7.48. The first-order chi connectivity index (χ1) is 17.5. The van der Waals surface area contributed by atoms with Crippen LogP contribution in [0.3, 0.4) is 0 Å². The number of anilines is 3. The van der Waals surface area contributed by atoms with E-state index in [4.69, 9.17) is 23.6 Å². The van der Waals surface area contributed by atoms with Gasteiger partial charge in [-0.15, -0.1) is 0 Å². The van der Waals surface area contributed by atoms with Crippen molar-refractivity contribution < 1.29 is 0 Å². The standard InChI is InChI=1S/C31H23NP2S2/c1-22-20-29-31-30(21-22)34(36,24-14-6-3-7-15-24)28-19-11-9-17-26(28)32(31)25-16-8-10-18-27(25)33(29,35)23-12-4-2-5-13-23/h2-21H,1H3. The first-order valence-electron chi connectivity index (χ1n) is 12.0. The Morgan fingerprint density at radius 1 is 0.500 bits per heavy atom. The highest BCUT2D eigenvalue weighted by atomic mass is 32.4. The maximum Gasteiger partial charge on any atom is 0.0643 e. The molecule has 2 aliphatic rings. The molecule has 7 rings (SSSR count). The Morgan fingerprint density at radius 3 is 1.33 bits per heavy atom. The second-order valence-electron chi connectivity index (χ2n) is 9.35. The normalized spacial score (nSPS) is 21.3. The van der Waals surface area contributed by atoms with Crippen LogP contribution in [0.1, 0.15) is 5.56 Å². The highest BCUT2D eigenvalue weighted by molar-refractivity contribution is 8.27. The largest absolute Gasteiger partial charge is 0.308 e. The lowest BCUT2D eigenvalue weighted by Gasteiger charge is -2.47. The van der Waals surface area contributed by atoms with Crippen LogP contribution in [0.25, 0.3) is 0 Å². The molecule has 5 aromatic carbocycles. The minimum Gasteiger partial charge on any atom is -0.308 e. The quantitative estimate of drug-likeness (QED) is 0.265. The van der Waals surface area contributed by atoms with Crippen LogP contribution in [0.2, 0.25) is 0 Å². The summed E-state index contributed by atoms with van der Waals surface area (Å²) in [6.45, 7) is 2.19. The van der Waals surface area contributed by atoms with E-state index in [2.05, 4.69) is 133 Å². The highest BCUT2D eigenvalue weighted by Crippen LogP contribution is 2.60. The number of fused-ring (bicyclic) bond motifs is 4.